The van der Waals surface area contributed by atoms with E-state index in [9.17, 15) is 9.90 Å². The van der Waals surface area contributed by atoms with Gasteiger partial charge in [-0.25, -0.2) is 9.97 Å². The summed E-state index contributed by atoms with van der Waals surface area (Å²) in [5.74, 6) is 3.59. The van der Waals surface area contributed by atoms with E-state index in [4.69, 9.17) is 29.8 Å². The van der Waals surface area contributed by atoms with Crippen LogP contribution in [0, 0.1) is 0 Å². The Labute approximate surface area is 238 Å². The predicted molar refractivity (Wildman–Crippen MR) is 153 cm³/mol. The van der Waals surface area contributed by atoms with Crippen molar-refractivity contribution in [2.75, 3.05) is 13.2 Å². The molecule has 2 aromatic carbocycles. The fraction of sp³-hybridized carbons (Fsp3) is 0.233. The molecule has 1 amide bonds. The maximum absolute atomic E-state index is 10.9. The van der Waals surface area contributed by atoms with E-state index < -0.39 is 0 Å². The van der Waals surface area contributed by atoms with Crippen LogP contribution in [-0.2, 0) is 4.79 Å². The zero-order chi connectivity index (χ0) is 29.6. The number of nitrogens with two attached hydrogens (primary N) is 1. The summed E-state index contributed by atoms with van der Waals surface area (Å²) in [4.78, 5) is 19.2. The molecule has 2 aromatic heterocycles. The van der Waals surface area contributed by atoms with Gasteiger partial charge in [-0.15, -0.1) is 0 Å². The third-order valence-electron chi connectivity index (χ3n) is 5.00. The summed E-state index contributed by atoms with van der Waals surface area (Å²) in [5, 5.41) is 21.1. The first-order chi connectivity index (χ1) is 19.7. The third kappa shape index (κ3) is 11.7. The largest absolute Gasteiger partial charge is 0.508 e. The summed E-state index contributed by atoms with van der Waals surface area (Å²) in [6, 6.07) is 19.6. The molecule has 0 spiro atoms. The Kier molecular flexibility index (Phi) is 11.6. The predicted octanol–water partition coefficient (Wildman–Crippen LogP) is 4.79. The van der Waals surface area contributed by atoms with E-state index >= 15 is 0 Å². The van der Waals surface area contributed by atoms with E-state index in [1.165, 1.54) is 19.1 Å². The highest BCUT2D eigenvalue weighted by atomic mass is 16.5. The number of hydrogen-bond acceptors (Lipinski definition) is 10. The molecule has 2 heterocycles. The van der Waals surface area contributed by atoms with E-state index in [-0.39, 0.29) is 29.5 Å². The molecular weight excluding hydrogens is 528 g/mol. The van der Waals surface area contributed by atoms with E-state index in [0.717, 1.165) is 0 Å². The maximum Gasteiger partial charge on any atom is 0.219 e. The number of carbonyl (C=O) groups excluding carboxylic acids is 1. The van der Waals surface area contributed by atoms with Crippen molar-refractivity contribution in [3.05, 3.63) is 85.2 Å². The molecule has 11 heteroatoms. The monoisotopic (exact) mass is 562 g/mol. The van der Waals surface area contributed by atoms with Gasteiger partial charge in [0.25, 0.3) is 0 Å². The number of phenolic OH excluding ortho intramolecular Hbond substituents is 2. The molecule has 4 rings (SSSR count). The summed E-state index contributed by atoms with van der Waals surface area (Å²) in [7, 11) is 0. The highest BCUT2D eigenvalue weighted by Crippen LogP contribution is 2.24. The number of rotatable bonds is 11. The number of aromatic nitrogens is 2. The fourth-order valence-electron chi connectivity index (χ4n) is 3.13. The van der Waals surface area contributed by atoms with Gasteiger partial charge in [0, 0.05) is 25.1 Å². The molecular formula is C30H34N4O7. The first kappa shape index (κ1) is 30.5. The molecule has 11 nitrogen and oxygen atoms in total. The van der Waals surface area contributed by atoms with E-state index in [0.29, 0.717) is 48.0 Å². The van der Waals surface area contributed by atoms with Gasteiger partial charge in [0.2, 0.25) is 17.7 Å². The van der Waals surface area contributed by atoms with E-state index in [1.807, 2.05) is 13.8 Å². The lowest BCUT2D eigenvalue weighted by atomic mass is 10.3. The normalized spacial score (nSPS) is 11.7. The molecule has 0 aliphatic heterocycles. The Morgan fingerprint density at radius 1 is 0.732 bits per heavy atom. The second-order valence-corrected chi connectivity index (χ2v) is 9.06. The molecule has 0 radical (unpaired) electrons. The lowest BCUT2D eigenvalue weighted by Gasteiger charge is -2.13. The van der Waals surface area contributed by atoms with Gasteiger partial charge in [-0.1, -0.05) is 0 Å². The Morgan fingerprint density at radius 3 is 1.51 bits per heavy atom. The average molecular weight is 563 g/mol. The van der Waals surface area contributed by atoms with Crippen molar-refractivity contribution < 1.29 is 34.0 Å². The fourth-order valence-corrected chi connectivity index (χ4v) is 3.13. The second-order valence-electron chi connectivity index (χ2n) is 9.06. The number of hydrogen-bond donors (Lipinski definition) is 4. The minimum atomic E-state index is -0.0909. The first-order valence-corrected chi connectivity index (χ1v) is 12.8. The first-order valence-electron chi connectivity index (χ1n) is 12.8. The number of nitrogens with zero attached hydrogens (tertiary/aromatic N) is 2. The highest BCUT2D eigenvalue weighted by Gasteiger charge is 2.06. The van der Waals surface area contributed by atoms with Crippen molar-refractivity contribution in [3.63, 3.8) is 0 Å². The zero-order valence-electron chi connectivity index (χ0n) is 23.1. The molecule has 5 N–H and O–H groups in total. The maximum atomic E-state index is 10.9. The number of nitrogens with one attached hydrogen (secondary N) is 1. The number of phenols is 2. The Morgan fingerprint density at radius 2 is 1.15 bits per heavy atom. The van der Waals surface area contributed by atoms with Crippen molar-refractivity contribution in [3.8, 4) is 46.3 Å². The van der Waals surface area contributed by atoms with E-state index in [1.54, 1.807) is 73.1 Å². The standard InChI is InChI=1S/C16H18N2O4.C14H16N2O3/c1-11(18-12(2)19)10-21-15-7-8-16(17-9-15)22-14-5-3-13(20)4-6-14;1-10(15)9-18-13-6-7-14(16-8-13)19-12-4-2-11(17)3-5-12/h3-9,11,20H,10H2,1-2H3,(H,18,19);2-8,10,17H,9,15H2,1H3/t11-;10-/m00/s1. The Hall–Kier alpha value is -5.03. The topological polar surface area (TPSA) is 158 Å². The van der Waals surface area contributed by atoms with Crippen LogP contribution in [0.2, 0.25) is 0 Å². The molecule has 4 aromatic rings. The number of pyridine rings is 2. The summed E-state index contributed by atoms with van der Waals surface area (Å²) in [6.45, 7) is 6.00. The lowest BCUT2D eigenvalue weighted by Crippen LogP contribution is -2.35. The summed E-state index contributed by atoms with van der Waals surface area (Å²) in [6.07, 6.45) is 3.13. The van der Waals surface area contributed by atoms with Crippen LogP contribution in [0.25, 0.3) is 0 Å². The summed E-state index contributed by atoms with van der Waals surface area (Å²) >= 11 is 0. The number of ether oxygens (including phenoxy) is 4. The zero-order valence-corrected chi connectivity index (χ0v) is 23.1. The van der Waals surface area contributed by atoms with Crippen LogP contribution in [0.3, 0.4) is 0 Å². The van der Waals surface area contributed by atoms with Crippen molar-refractivity contribution >= 4 is 5.91 Å². The smallest absolute Gasteiger partial charge is 0.219 e. The van der Waals surface area contributed by atoms with Gasteiger partial charge in [-0.3, -0.25) is 4.79 Å². The van der Waals surface area contributed by atoms with Crippen molar-refractivity contribution in [2.45, 2.75) is 32.9 Å². The number of aromatic hydroxyl groups is 2. The van der Waals surface area contributed by atoms with Gasteiger partial charge in [-0.05, 0) is 74.5 Å². The molecule has 0 unspecified atom stereocenters. The molecule has 0 fully saturated rings. The van der Waals surface area contributed by atoms with Gasteiger partial charge in [0.05, 0.1) is 18.4 Å². The van der Waals surface area contributed by atoms with Gasteiger partial charge in [-0.2, -0.15) is 0 Å². The molecule has 41 heavy (non-hydrogen) atoms. The third-order valence-corrected chi connectivity index (χ3v) is 5.00. The van der Waals surface area contributed by atoms with Gasteiger partial charge >= 0.3 is 0 Å². The number of carbonyl (C=O) groups is 1. The number of amides is 1. The van der Waals surface area contributed by atoms with Gasteiger partial charge < -0.3 is 40.2 Å². The quantitative estimate of drug-likeness (QED) is 0.200. The summed E-state index contributed by atoms with van der Waals surface area (Å²) in [5.41, 5.74) is 5.59. The van der Waals surface area contributed by atoms with Crippen LogP contribution in [-0.4, -0.2) is 51.4 Å². The van der Waals surface area contributed by atoms with Crippen LogP contribution in [0.15, 0.2) is 85.2 Å². The average Bonchev–Trinajstić information content (AvgIpc) is 2.95. The van der Waals surface area contributed by atoms with Crippen molar-refractivity contribution in [2.24, 2.45) is 5.73 Å². The van der Waals surface area contributed by atoms with Crippen LogP contribution in [0.1, 0.15) is 20.8 Å². The second kappa shape index (κ2) is 15.5. The highest BCUT2D eigenvalue weighted by molar-refractivity contribution is 5.73. The lowest BCUT2D eigenvalue weighted by molar-refractivity contribution is -0.119. The Balaban J connectivity index is 0.000000228. The van der Waals surface area contributed by atoms with Crippen molar-refractivity contribution in [1.82, 2.24) is 15.3 Å². The van der Waals surface area contributed by atoms with Crippen molar-refractivity contribution in [1.29, 1.82) is 0 Å². The van der Waals surface area contributed by atoms with Crippen LogP contribution < -0.4 is 30.0 Å². The van der Waals surface area contributed by atoms with Gasteiger partial charge in [0.15, 0.2) is 0 Å². The summed E-state index contributed by atoms with van der Waals surface area (Å²) < 4.78 is 22.0. The molecule has 0 bridgehead atoms. The number of benzene rings is 2. The minimum Gasteiger partial charge on any atom is -0.508 e. The van der Waals surface area contributed by atoms with Crippen LogP contribution in [0.5, 0.6) is 46.3 Å². The van der Waals surface area contributed by atoms with Crippen LogP contribution in [0.4, 0.5) is 0 Å². The minimum absolute atomic E-state index is 0.0204. The molecule has 0 aliphatic rings. The van der Waals surface area contributed by atoms with Crippen LogP contribution >= 0.6 is 0 Å². The molecule has 0 saturated carbocycles. The molecule has 0 saturated heterocycles. The SMILES string of the molecule is CC(=O)N[C@@H](C)COc1ccc(Oc2ccc(O)cc2)nc1.C[C@H](N)COc1ccc(Oc2ccc(O)cc2)nc1. The molecule has 0 aliphatic carbocycles. The van der Waals surface area contributed by atoms with Gasteiger partial charge in [0.1, 0.15) is 47.7 Å². The Bertz CT molecular complexity index is 1330. The molecule has 216 valence electrons. The molecule has 2 atom stereocenters. The van der Waals surface area contributed by atoms with E-state index in [2.05, 4.69) is 15.3 Å².